The lowest BCUT2D eigenvalue weighted by Crippen LogP contribution is -2.20. The van der Waals surface area contributed by atoms with Crippen LogP contribution in [0.3, 0.4) is 0 Å². The first kappa shape index (κ1) is 24.6. The van der Waals surface area contributed by atoms with Crippen LogP contribution in [0.1, 0.15) is 11.3 Å². The van der Waals surface area contributed by atoms with E-state index in [4.69, 9.17) is 18.6 Å². The second-order valence-corrected chi connectivity index (χ2v) is 7.73. The van der Waals surface area contributed by atoms with Crippen LogP contribution >= 0.6 is 0 Å². The molecule has 4 rings (SSSR count). The Balaban J connectivity index is 1.57. The summed E-state index contributed by atoms with van der Waals surface area (Å²) in [4.78, 5) is 25.1. The van der Waals surface area contributed by atoms with E-state index in [1.165, 1.54) is 31.4 Å². The van der Waals surface area contributed by atoms with Crippen LogP contribution < -0.4 is 25.0 Å². The number of nitrogens with one attached hydrogen (secondary N) is 1. The summed E-state index contributed by atoms with van der Waals surface area (Å²) >= 11 is 0. The molecule has 0 spiro atoms. The van der Waals surface area contributed by atoms with Crippen LogP contribution in [0.5, 0.6) is 23.0 Å². The van der Waals surface area contributed by atoms with E-state index in [-0.39, 0.29) is 22.5 Å². The fourth-order valence-corrected chi connectivity index (χ4v) is 3.27. The van der Waals surface area contributed by atoms with Crippen molar-refractivity contribution in [1.82, 2.24) is 0 Å². The molecule has 36 heavy (non-hydrogen) atoms. The van der Waals surface area contributed by atoms with Gasteiger partial charge in [-0.15, -0.1) is 0 Å². The van der Waals surface area contributed by atoms with Crippen LogP contribution in [-0.4, -0.2) is 19.6 Å². The van der Waals surface area contributed by atoms with Gasteiger partial charge in [0, 0.05) is 11.8 Å². The second kappa shape index (κ2) is 10.0. The van der Waals surface area contributed by atoms with Crippen molar-refractivity contribution in [2.45, 2.75) is 13.1 Å². The molecule has 10 heteroatoms. The van der Waals surface area contributed by atoms with E-state index in [2.05, 4.69) is 5.32 Å². The number of carbonyl (C=O) groups excluding carboxylic acids is 1. The highest BCUT2D eigenvalue weighted by Gasteiger charge is 2.40. The van der Waals surface area contributed by atoms with Crippen molar-refractivity contribution in [3.8, 4) is 23.0 Å². The summed E-state index contributed by atoms with van der Waals surface area (Å²) in [6.07, 6.45) is -5.00. The van der Waals surface area contributed by atoms with Gasteiger partial charge in [-0.05, 0) is 55.5 Å². The van der Waals surface area contributed by atoms with Crippen molar-refractivity contribution in [1.29, 1.82) is 0 Å². The smallest absolute Gasteiger partial charge is 0.453 e. The lowest BCUT2D eigenvalue weighted by atomic mass is 10.2. The maximum Gasteiger partial charge on any atom is 0.453 e. The minimum absolute atomic E-state index is 0.0378. The number of hydrogen-bond acceptors (Lipinski definition) is 6. The van der Waals surface area contributed by atoms with Gasteiger partial charge < -0.3 is 23.9 Å². The molecular formula is C26H20F3NO6. The Morgan fingerprint density at radius 1 is 0.944 bits per heavy atom. The molecule has 1 N–H and O–H groups in total. The highest BCUT2D eigenvalue weighted by molar-refractivity contribution is 5.92. The van der Waals surface area contributed by atoms with E-state index in [1.54, 1.807) is 43.3 Å². The minimum Gasteiger partial charge on any atom is -0.497 e. The summed E-state index contributed by atoms with van der Waals surface area (Å²) in [6, 6.07) is 16.5. The van der Waals surface area contributed by atoms with E-state index >= 15 is 0 Å². The lowest BCUT2D eigenvalue weighted by molar-refractivity contribution is -0.154. The average Bonchev–Trinajstić information content (AvgIpc) is 2.85. The Kier molecular flexibility index (Phi) is 6.86. The number of aryl methyl sites for hydroxylation is 1. The van der Waals surface area contributed by atoms with Crippen molar-refractivity contribution in [3.63, 3.8) is 0 Å². The third kappa shape index (κ3) is 5.60. The van der Waals surface area contributed by atoms with E-state index in [0.29, 0.717) is 11.4 Å². The van der Waals surface area contributed by atoms with Crippen LogP contribution in [-0.2, 0) is 11.0 Å². The summed E-state index contributed by atoms with van der Waals surface area (Å²) in [5.41, 5.74) is 0.0172. The summed E-state index contributed by atoms with van der Waals surface area (Å²) < 4.78 is 62.0. The van der Waals surface area contributed by atoms with Gasteiger partial charge in [0.25, 0.3) is 11.7 Å². The number of rotatable bonds is 7. The second-order valence-electron chi connectivity index (χ2n) is 7.73. The fourth-order valence-electron chi connectivity index (χ4n) is 3.27. The number of ether oxygens (including phenoxy) is 3. The van der Waals surface area contributed by atoms with Crippen LogP contribution in [0.2, 0.25) is 0 Å². The number of halogens is 3. The number of hydrogen-bond donors (Lipinski definition) is 1. The van der Waals surface area contributed by atoms with E-state index < -0.39 is 35.6 Å². The third-order valence-corrected chi connectivity index (χ3v) is 5.06. The topological polar surface area (TPSA) is 87.0 Å². The van der Waals surface area contributed by atoms with Gasteiger partial charge in [0.1, 0.15) is 22.8 Å². The van der Waals surface area contributed by atoms with Crippen molar-refractivity contribution < 1.29 is 36.6 Å². The zero-order valence-corrected chi connectivity index (χ0v) is 19.1. The first-order chi connectivity index (χ1) is 17.1. The van der Waals surface area contributed by atoms with Crippen LogP contribution in [0.4, 0.5) is 18.9 Å². The maximum absolute atomic E-state index is 13.7. The van der Waals surface area contributed by atoms with Crippen molar-refractivity contribution >= 4 is 22.6 Å². The van der Waals surface area contributed by atoms with Gasteiger partial charge in [0.2, 0.25) is 11.2 Å². The van der Waals surface area contributed by atoms with E-state index in [9.17, 15) is 22.8 Å². The molecule has 0 aliphatic carbocycles. The van der Waals surface area contributed by atoms with Gasteiger partial charge in [0.05, 0.1) is 12.5 Å². The first-order valence-electron chi connectivity index (χ1n) is 10.6. The van der Waals surface area contributed by atoms with Gasteiger partial charge in [0.15, 0.2) is 6.61 Å². The molecule has 1 amide bonds. The molecule has 0 bridgehead atoms. The predicted octanol–water partition coefficient (Wildman–Crippen LogP) is 5.94. The van der Waals surface area contributed by atoms with Gasteiger partial charge >= 0.3 is 6.18 Å². The largest absolute Gasteiger partial charge is 0.497 e. The molecule has 0 saturated carbocycles. The predicted molar refractivity (Wildman–Crippen MR) is 126 cm³/mol. The van der Waals surface area contributed by atoms with Crippen molar-refractivity contribution in [3.05, 3.63) is 88.3 Å². The molecule has 7 nitrogen and oxygen atoms in total. The molecule has 1 heterocycles. The molecule has 0 atom stereocenters. The summed E-state index contributed by atoms with van der Waals surface area (Å²) in [6.45, 7) is 1.38. The highest BCUT2D eigenvalue weighted by Crippen LogP contribution is 2.38. The molecule has 0 fully saturated rings. The number of fused-ring (bicyclic) bond motifs is 1. The Labute approximate surface area is 203 Å². The monoisotopic (exact) mass is 499 g/mol. The standard InChI is InChI=1S/C26H20F3NO6/c1-15-3-7-18(8-4-15)35-24-23(32)20-12-11-19(13-21(20)36-25(24)26(27,28)29)34-14-22(31)30-16-5-9-17(33-2)10-6-16/h3-13H,14H2,1-2H3,(H,30,31). The molecule has 0 aliphatic rings. The molecule has 186 valence electrons. The summed E-state index contributed by atoms with van der Waals surface area (Å²) in [7, 11) is 1.52. The number of benzene rings is 3. The molecule has 4 aromatic rings. The van der Waals surface area contributed by atoms with Gasteiger partial charge in [-0.3, -0.25) is 9.59 Å². The quantitative estimate of drug-likeness (QED) is 0.339. The fraction of sp³-hybridized carbons (Fsp3) is 0.154. The van der Waals surface area contributed by atoms with Crippen LogP contribution in [0, 0.1) is 6.92 Å². The maximum atomic E-state index is 13.7. The van der Waals surface area contributed by atoms with Crippen molar-refractivity contribution in [2.24, 2.45) is 0 Å². The van der Waals surface area contributed by atoms with Crippen LogP contribution in [0.25, 0.3) is 11.0 Å². The zero-order chi connectivity index (χ0) is 25.9. The molecular weight excluding hydrogens is 479 g/mol. The molecule has 0 unspecified atom stereocenters. The Hall–Kier alpha value is -4.47. The zero-order valence-electron chi connectivity index (χ0n) is 19.1. The lowest BCUT2D eigenvalue weighted by Gasteiger charge is -2.14. The summed E-state index contributed by atoms with van der Waals surface area (Å²) in [5.74, 6) is -2.33. The first-order valence-corrected chi connectivity index (χ1v) is 10.6. The van der Waals surface area contributed by atoms with Crippen LogP contribution in [0.15, 0.2) is 75.9 Å². The van der Waals surface area contributed by atoms with Crippen molar-refractivity contribution in [2.75, 3.05) is 19.0 Å². The van der Waals surface area contributed by atoms with Gasteiger partial charge in [-0.2, -0.15) is 13.2 Å². The highest BCUT2D eigenvalue weighted by atomic mass is 19.4. The van der Waals surface area contributed by atoms with E-state index in [0.717, 1.165) is 11.6 Å². The van der Waals surface area contributed by atoms with Gasteiger partial charge in [-0.1, -0.05) is 17.7 Å². The number of anilines is 1. The number of methoxy groups -OCH3 is 1. The normalized spacial score (nSPS) is 11.2. The average molecular weight is 499 g/mol. The summed E-state index contributed by atoms with van der Waals surface area (Å²) in [5, 5.41) is 2.48. The van der Waals surface area contributed by atoms with E-state index in [1.807, 2.05) is 0 Å². The molecule has 0 aliphatic heterocycles. The SMILES string of the molecule is COc1ccc(NC(=O)COc2ccc3c(=O)c(Oc4ccc(C)cc4)c(C(F)(F)F)oc3c2)cc1. The molecule has 1 aromatic heterocycles. The number of carbonyl (C=O) groups is 1. The molecule has 3 aromatic carbocycles. The molecule has 0 saturated heterocycles. The Morgan fingerprint density at radius 3 is 2.22 bits per heavy atom. The third-order valence-electron chi connectivity index (χ3n) is 5.06. The minimum atomic E-state index is -5.00. The Morgan fingerprint density at radius 2 is 1.58 bits per heavy atom. The van der Waals surface area contributed by atoms with Gasteiger partial charge in [-0.25, -0.2) is 0 Å². The number of amides is 1. The Bertz CT molecular complexity index is 1440. The number of alkyl halides is 3. The molecule has 0 radical (unpaired) electrons.